The van der Waals surface area contributed by atoms with Crippen LogP contribution in [0.4, 0.5) is 0 Å². The van der Waals surface area contributed by atoms with Crippen molar-refractivity contribution in [2.24, 2.45) is 0 Å². The van der Waals surface area contributed by atoms with Crippen molar-refractivity contribution in [3.63, 3.8) is 0 Å². The first-order valence-electron chi connectivity index (χ1n) is 19.9. The summed E-state index contributed by atoms with van der Waals surface area (Å²) in [5.41, 5.74) is -1.31. The van der Waals surface area contributed by atoms with Crippen LogP contribution in [0.25, 0.3) is 28.4 Å². The summed E-state index contributed by atoms with van der Waals surface area (Å²) < 4.78 is 45.5. The molecule has 0 spiro atoms. The molecular formula is C42H46O23. The summed E-state index contributed by atoms with van der Waals surface area (Å²) in [6.07, 6.45) is -23.8. The highest BCUT2D eigenvalue weighted by atomic mass is 16.7. The molecule has 352 valence electrons. The quantitative estimate of drug-likeness (QED) is 0.0406. The lowest BCUT2D eigenvalue weighted by atomic mass is 9.98. The maximum Gasteiger partial charge on any atom is 0.331 e. The van der Waals surface area contributed by atoms with Gasteiger partial charge in [0.2, 0.25) is 23.8 Å². The van der Waals surface area contributed by atoms with E-state index in [-0.39, 0.29) is 17.1 Å². The zero-order valence-electron chi connectivity index (χ0n) is 33.8. The third-order valence-electron chi connectivity index (χ3n) is 10.9. The molecule has 23 nitrogen and oxygen atoms in total. The third-order valence-corrected chi connectivity index (χ3v) is 10.9. The van der Waals surface area contributed by atoms with Gasteiger partial charge in [0.05, 0.1) is 19.3 Å². The largest absolute Gasteiger partial charge is 0.508 e. The molecule has 7 rings (SSSR count). The normalized spacial score (nSPS) is 32.9. The lowest BCUT2D eigenvalue weighted by Crippen LogP contribution is -2.62. The van der Waals surface area contributed by atoms with E-state index in [2.05, 4.69) is 0 Å². The van der Waals surface area contributed by atoms with Gasteiger partial charge in [0, 0.05) is 23.8 Å². The zero-order chi connectivity index (χ0) is 47.0. The van der Waals surface area contributed by atoms with Gasteiger partial charge in [-0.25, -0.2) is 4.79 Å². The fourth-order valence-corrected chi connectivity index (χ4v) is 7.25. The van der Waals surface area contributed by atoms with Crippen LogP contribution < -0.4 is 14.9 Å². The van der Waals surface area contributed by atoms with Gasteiger partial charge in [-0.2, -0.15) is 0 Å². The molecule has 23 heteroatoms. The van der Waals surface area contributed by atoms with Crippen molar-refractivity contribution in [1.29, 1.82) is 0 Å². The van der Waals surface area contributed by atoms with Crippen molar-refractivity contribution in [1.82, 2.24) is 0 Å². The summed E-state index contributed by atoms with van der Waals surface area (Å²) in [6, 6.07) is 10.8. The van der Waals surface area contributed by atoms with Gasteiger partial charge in [0.1, 0.15) is 89.3 Å². The molecule has 0 amide bonds. The Balaban J connectivity index is 1.23. The Morgan fingerprint density at radius 2 is 1.32 bits per heavy atom. The van der Waals surface area contributed by atoms with Crippen LogP contribution in [0, 0.1) is 0 Å². The highest BCUT2D eigenvalue weighted by Gasteiger charge is 2.50. The molecule has 0 radical (unpaired) electrons. The summed E-state index contributed by atoms with van der Waals surface area (Å²) in [4.78, 5) is 27.5. The highest BCUT2D eigenvalue weighted by Crippen LogP contribution is 2.40. The number of phenolic OH excluding ortho intramolecular Hbond substituents is 4. The molecule has 3 aromatic carbocycles. The number of aliphatic hydroxyl groups excluding tert-OH is 9. The molecule has 3 fully saturated rings. The average Bonchev–Trinajstić information content (AvgIpc) is 3.28. The minimum absolute atomic E-state index is 0.0373. The Hall–Kier alpha value is -5.64. The fourth-order valence-electron chi connectivity index (χ4n) is 7.25. The number of carbonyl (C=O) groups excluding carboxylic acids is 1. The van der Waals surface area contributed by atoms with Crippen LogP contribution in [-0.4, -0.2) is 178 Å². The number of aliphatic hydroxyl groups is 9. The van der Waals surface area contributed by atoms with Crippen LogP contribution in [0.2, 0.25) is 0 Å². The second-order valence-corrected chi connectivity index (χ2v) is 15.4. The fraction of sp³-hybridized carbons (Fsp3) is 0.429. The van der Waals surface area contributed by atoms with Crippen LogP contribution in [-0.2, 0) is 28.5 Å². The maximum absolute atomic E-state index is 14.4. The smallest absolute Gasteiger partial charge is 0.331 e. The Morgan fingerprint density at radius 3 is 2.02 bits per heavy atom. The van der Waals surface area contributed by atoms with Crippen molar-refractivity contribution in [3.05, 3.63) is 76.5 Å². The summed E-state index contributed by atoms with van der Waals surface area (Å²) in [5, 5.41) is 135. The van der Waals surface area contributed by atoms with Crippen LogP contribution >= 0.6 is 0 Å². The van der Waals surface area contributed by atoms with E-state index in [4.69, 9.17) is 37.6 Å². The Bertz CT molecular complexity index is 2400. The monoisotopic (exact) mass is 918 g/mol. The number of esters is 1. The van der Waals surface area contributed by atoms with Gasteiger partial charge in [0.15, 0.2) is 29.7 Å². The minimum atomic E-state index is -2.17. The van der Waals surface area contributed by atoms with Crippen LogP contribution in [0.5, 0.6) is 34.5 Å². The molecule has 7 unspecified atom stereocenters. The minimum Gasteiger partial charge on any atom is -0.508 e. The van der Waals surface area contributed by atoms with Crippen LogP contribution in [0.3, 0.4) is 0 Å². The number of hydrogen-bond acceptors (Lipinski definition) is 23. The summed E-state index contributed by atoms with van der Waals surface area (Å²) >= 11 is 0. The Labute approximate surface area is 365 Å². The first kappa shape index (κ1) is 47.3. The zero-order valence-corrected chi connectivity index (χ0v) is 33.8. The van der Waals surface area contributed by atoms with Crippen molar-refractivity contribution < 1.29 is 109 Å². The van der Waals surface area contributed by atoms with Crippen molar-refractivity contribution in [2.75, 3.05) is 13.2 Å². The lowest BCUT2D eigenvalue weighted by Gasteiger charge is -2.43. The van der Waals surface area contributed by atoms with Crippen molar-refractivity contribution in [2.45, 2.75) is 99.0 Å². The van der Waals surface area contributed by atoms with Gasteiger partial charge < -0.3 is 104 Å². The van der Waals surface area contributed by atoms with E-state index >= 15 is 0 Å². The lowest BCUT2D eigenvalue weighted by molar-refractivity contribution is -0.319. The second kappa shape index (κ2) is 19.4. The number of hydrogen-bond donors (Lipinski definition) is 13. The summed E-state index contributed by atoms with van der Waals surface area (Å²) in [6.45, 7) is -0.145. The standard InChI is InChI=1S/C42H46O23/c1-15-28(49)31(52)34(55)40(59-15)58-14-25-38(64-26(48)9-4-16-2-6-18(44)7-3-16)33(54)36(57)42(63-25)65-39-30(51)27-22(47)11-19(60-41-35(56)32(53)29(50)24(13-43)62-41)12-23(27)61-37(39)17-5-8-20(45)21(46)10-17/h2-12,15,24-25,28-29,31-36,38,40-47,49-50,52-57H,13-14H2,1H3/b9-4-/t15?,24-,25?,28-,29+,31-,32?,33?,34?,35?,36?,38-,40+,41+,42-/m0/s1. The van der Waals surface area contributed by atoms with Gasteiger partial charge in [-0.1, -0.05) is 12.1 Å². The van der Waals surface area contributed by atoms with E-state index < -0.39 is 156 Å². The van der Waals surface area contributed by atoms with Gasteiger partial charge in [0.25, 0.3) is 0 Å². The number of phenols is 4. The molecule has 3 aliphatic heterocycles. The molecule has 15 atom stereocenters. The summed E-state index contributed by atoms with van der Waals surface area (Å²) in [7, 11) is 0. The molecule has 4 heterocycles. The topological polar surface area (TPSA) is 375 Å². The van der Waals surface area contributed by atoms with Gasteiger partial charge in [-0.15, -0.1) is 0 Å². The molecule has 4 aromatic rings. The highest BCUT2D eigenvalue weighted by molar-refractivity contribution is 5.89. The molecule has 3 saturated heterocycles. The number of ether oxygens (including phenoxy) is 7. The number of rotatable bonds is 12. The van der Waals surface area contributed by atoms with E-state index in [0.29, 0.717) is 5.56 Å². The van der Waals surface area contributed by atoms with Gasteiger partial charge in [-0.3, -0.25) is 4.79 Å². The van der Waals surface area contributed by atoms with E-state index in [0.717, 1.165) is 30.3 Å². The predicted octanol–water partition coefficient (Wildman–Crippen LogP) is -2.24. The molecule has 13 N–H and O–H groups in total. The molecule has 0 aliphatic carbocycles. The number of aromatic hydroxyl groups is 4. The van der Waals surface area contributed by atoms with Crippen LogP contribution in [0.1, 0.15) is 12.5 Å². The number of fused-ring (bicyclic) bond motifs is 1. The van der Waals surface area contributed by atoms with Crippen molar-refractivity contribution >= 4 is 23.0 Å². The molecular weight excluding hydrogens is 872 g/mol. The maximum atomic E-state index is 14.4. The SMILES string of the molecule is CC1O[C@@H](OCC2O[C@@H](Oc3c(-c4ccc(O)c(O)c4)oc4cc(O[C@@H]5O[C@@H](CO)[C@@H](O)C(O)C5O)cc(O)c4c3=O)C(O)C(O)[C@H]2OC(=O)/C=C\c2ccc(O)cc2)C(O)[C@@H](O)[C@H]1O. The van der Waals surface area contributed by atoms with Gasteiger partial charge >= 0.3 is 5.97 Å². The van der Waals surface area contributed by atoms with Crippen molar-refractivity contribution in [3.8, 4) is 45.8 Å². The molecule has 0 saturated carbocycles. The molecule has 3 aliphatic rings. The number of carbonyl (C=O) groups is 1. The first-order valence-corrected chi connectivity index (χ1v) is 19.9. The van der Waals surface area contributed by atoms with E-state index in [1.54, 1.807) is 0 Å². The molecule has 65 heavy (non-hydrogen) atoms. The van der Waals surface area contributed by atoms with E-state index in [1.165, 1.54) is 43.3 Å². The van der Waals surface area contributed by atoms with Crippen LogP contribution in [0.15, 0.2) is 69.9 Å². The Morgan fingerprint density at radius 1 is 0.677 bits per heavy atom. The molecule has 0 bridgehead atoms. The molecule has 1 aromatic heterocycles. The predicted molar refractivity (Wildman–Crippen MR) is 214 cm³/mol. The van der Waals surface area contributed by atoms with Gasteiger partial charge in [-0.05, 0) is 48.9 Å². The third kappa shape index (κ3) is 9.83. The van der Waals surface area contributed by atoms with E-state index in [9.17, 15) is 76.0 Å². The average molecular weight is 919 g/mol. The van der Waals surface area contributed by atoms with E-state index in [1.807, 2.05) is 0 Å². The Kier molecular flexibility index (Phi) is 14.2. The second-order valence-electron chi connectivity index (χ2n) is 15.4. The summed E-state index contributed by atoms with van der Waals surface area (Å²) in [5.74, 6) is -4.96. The number of benzene rings is 3. The first-order chi connectivity index (χ1) is 30.9.